The smallest absolute Gasteiger partial charge is 0.264 e. The number of carbonyl (C=O) groups excluding carboxylic acids is 2. The van der Waals surface area contributed by atoms with Gasteiger partial charge in [0.1, 0.15) is 12.6 Å². The van der Waals surface area contributed by atoms with Gasteiger partial charge in [-0.1, -0.05) is 96.4 Å². The molecule has 0 saturated carbocycles. The van der Waals surface area contributed by atoms with Crippen LogP contribution in [0, 0.1) is 20.8 Å². The molecular formula is C36H39Cl2N3O4S. The molecule has 4 aromatic carbocycles. The van der Waals surface area contributed by atoms with E-state index in [1.54, 1.807) is 42.5 Å². The van der Waals surface area contributed by atoms with Crippen molar-refractivity contribution in [1.82, 2.24) is 10.2 Å². The third-order valence-electron chi connectivity index (χ3n) is 7.89. The van der Waals surface area contributed by atoms with E-state index in [0.29, 0.717) is 34.3 Å². The van der Waals surface area contributed by atoms with Gasteiger partial charge in [-0.3, -0.25) is 13.9 Å². The number of sulfonamides is 1. The number of nitrogens with zero attached hydrogens (tertiary/aromatic N) is 2. The number of aryl methyl sites for hydroxylation is 2. The molecule has 1 N–H and O–H groups in total. The molecule has 242 valence electrons. The maximum atomic E-state index is 14.6. The molecule has 7 nitrogen and oxygen atoms in total. The van der Waals surface area contributed by atoms with E-state index in [-0.39, 0.29) is 23.8 Å². The largest absolute Gasteiger partial charge is 0.354 e. The maximum absolute atomic E-state index is 14.6. The Balaban J connectivity index is 1.84. The first-order valence-corrected chi connectivity index (χ1v) is 17.3. The van der Waals surface area contributed by atoms with E-state index in [0.717, 1.165) is 26.6 Å². The summed E-state index contributed by atoms with van der Waals surface area (Å²) in [5.41, 5.74) is 4.39. The zero-order valence-corrected chi connectivity index (χ0v) is 28.8. The highest BCUT2D eigenvalue weighted by molar-refractivity contribution is 7.92. The number of hydrogen-bond acceptors (Lipinski definition) is 4. The molecule has 0 spiro atoms. The van der Waals surface area contributed by atoms with E-state index in [4.69, 9.17) is 23.2 Å². The van der Waals surface area contributed by atoms with Crippen LogP contribution >= 0.6 is 23.2 Å². The van der Waals surface area contributed by atoms with Gasteiger partial charge in [-0.15, -0.1) is 0 Å². The van der Waals surface area contributed by atoms with Gasteiger partial charge in [-0.05, 0) is 79.8 Å². The molecule has 0 aromatic heterocycles. The van der Waals surface area contributed by atoms with Crippen LogP contribution in [0.4, 0.5) is 5.69 Å². The summed E-state index contributed by atoms with van der Waals surface area (Å²) < 4.78 is 29.7. The molecule has 0 heterocycles. The van der Waals surface area contributed by atoms with E-state index < -0.39 is 28.5 Å². The normalized spacial score (nSPS) is 12.0. The van der Waals surface area contributed by atoms with Crippen molar-refractivity contribution in [2.45, 2.75) is 58.0 Å². The molecule has 2 amide bonds. The Morgan fingerprint density at radius 2 is 1.52 bits per heavy atom. The van der Waals surface area contributed by atoms with Gasteiger partial charge in [0, 0.05) is 19.5 Å². The van der Waals surface area contributed by atoms with Crippen LogP contribution < -0.4 is 9.62 Å². The fourth-order valence-electron chi connectivity index (χ4n) is 5.11. The number of nitrogens with one attached hydrogen (secondary N) is 1. The minimum atomic E-state index is -4.20. The average Bonchev–Trinajstić information content (AvgIpc) is 3.04. The lowest BCUT2D eigenvalue weighted by atomic mass is 10.0. The van der Waals surface area contributed by atoms with Crippen LogP contribution in [0.25, 0.3) is 0 Å². The monoisotopic (exact) mass is 679 g/mol. The molecule has 0 aliphatic carbocycles. The number of benzene rings is 4. The molecule has 46 heavy (non-hydrogen) atoms. The molecule has 0 radical (unpaired) electrons. The first-order chi connectivity index (χ1) is 21.9. The summed E-state index contributed by atoms with van der Waals surface area (Å²) in [6.45, 7) is 7.43. The molecule has 0 fully saturated rings. The Morgan fingerprint density at radius 3 is 2.17 bits per heavy atom. The SMILES string of the molecule is CCCNC(=O)[C@H](Cc1ccccc1)N(Cc1ccc(Cl)c(Cl)c1)C(=O)CN(c1cccc(C)c1C)S(=O)(=O)c1ccc(C)cc1. The van der Waals surface area contributed by atoms with E-state index in [2.05, 4.69) is 5.32 Å². The van der Waals surface area contributed by atoms with Gasteiger partial charge in [-0.2, -0.15) is 0 Å². The van der Waals surface area contributed by atoms with Gasteiger partial charge in [0.2, 0.25) is 11.8 Å². The number of halogens is 2. The quantitative estimate of drug-likeness (QED) is 0.161. The molecule has 0 unspecified atom stereocenters. The third kappa shape index (κ3) is 8.49. The number of anilines is 1. The minimum Gasteiger partial charge on any atom is -0.354 e. The first-order valence-electron chi connectivity index (χ1n) is 15.1. The molecule has 1 atom stereocenters. The lowest BCUT2D eigenvalue weighted by Gasteiger charge is -2.34. The van der Waals surface area contributed by atoms with Crippen LogP contribution in [0.3, 0.4) is 0 Å². The van der Waals surface area contributed by atoms with Gasteiger partial charge in [-0.25, -0.2) is 8.42 Å². The van der Waals surface area contributed by atoms with Gasteiger partial charge in [0.05, 0.1) is 20.6 Å². The molecule has 0 saturated heterocycles. The topological polar surface area (TPSA) is 86.8 Å². The molecule has 10 heteroatoms. The van der Waals surface area contributed by atoms with Crippen molar-refractivity contribution in [3.63, 3.8) is 0 Å². The predicted octanol–water partition coefficient (Wildman–Crippen LogP) is 7.28. The second kappa shape index (κ2) is 15.6. The molecule has 0 aliphatic heterocycles. The summed E-state index contributed by atoms with van der Waals surface area (Å²) in [5.74, 6) is -0.881. The Morgan fingerprint density at radius 1 is 0.826 bits per heavy atom. The summed E-state index contributed by atoms with van der Waals surface area (Å²) in [6.07, 6.45) is 0.928. The highest BCUT2D eigenvalue weighted by atomic mass is 35.5. The Hall–Kier alpha value is -3.85. The van der Waals surface area contributed by atoms with Crippen molar-refractivity contribution in [3.05, 3.63) is 129 Å². The van der Waals surface area contributed by atoms with E-state index in [1.165, 1.54) is 17.0 Å². The summed E-state index contributed by atoms with van der Waals surface area (Å²) in [5, 5.41) is 3.61. The maximum Gasteiger partial charge on any atom is 0.264 e. The standard InChI is InChI=1S/C36H39Cl2N3O4S/c1-5-20-39-36(43)34(22-28-11-7-6-8-12-28)40(23-29-16-19-31(37)32(38)21-29)35(42)24-41(33-13-9-10-26(3)27(33)4)46(44,45)30-17-14-25(2)15-18-30/h6-19,21,34H,5,20,22-24H2,1-4H3,(H,39,43)/t34-/m0/s1. The van der Waals surface area contributed by atoms with Crippen LogP contribution in [0.2, 0.25) is 10.0 Å². The fraction of sp³-hybridized carbons (Fsp3) is 0.278. The van der Waals surface area contributed by atoms with Crippen LogP contribution in [-0.2, 0) is 32.6 Å². The van der Waals surface area contributed by atoms with Crippen molar-refractivity contribution in [1.29, 1.82) is 0 Å². The van der Waals surface area contributed by atoms with E-state index >= 15 is 0 Å². The Bertz CT molecular complexity index is 1780. The summed E-state index contributed by atoms with van der Waals surface area (Å²) in [4.78, 5) is 29.9. The van der Waals surface area contributed by atoms with Gasteiger partial charge in [0.15, 0.2) is 0 Å². The van der Waals surface area contributed by atoms with Crippen LogP contribution in [0.15, 0.2) is 95.9 Å². The van der Waals surface area contributed by atoms with Crippen molar-refractivity contribution in [2.75, 3.05) is 17.4 Å². The highest BCUT2D eigenvalue weighted by Gasteiger charge is 2.35. The lowest BCUT2D eigenvalue weighted by molar-refractivity contribution is -0.140. The van der Waals surface area contributed by atoms with Crippen molar-refractivity contribution < 1.29 is 18.0 Å². The Labute approximate surface area is 282 Å². The van der Waals surface area contributed by atoms with E-state index in [9.17, 15) is 18.0 Å². The van der Waals surface area contributed by atoms with Crippen molar-refractivity contribution in [3.8, 4) is 0 Å². The highest BCUT2D eigenvalue weighted by Crippen LogP contribution is 2.30. The number of rotatable bonds is 13. The van der Waals surface area contributed by atoms with Crippen LogP contribution in [-0.4, -0.2) is 44.3 Å². The lowest BCUT2D eigenvalue weighted by Crippen LogP contribution is -2.53. The van der Waals surface area contributed by atoms with Gasteiger partial charge < -0.3 is 10.2 Å². The molecule has 0 aliphatic rings. The van der Waals surface area contributed by atoms with Crippen LogP contribution in [0.1, 0.15) is 41.2 Å². The zero-order chi connectivity index (χ0) is 33.4. The molecular weight excluding hydrogens is 641 g/mol. The Kier molecular flexibility index (Phi) is 11.9. The molecule has 4 rings (SSSR count). The summed E-state index contributed by atoms with van der Waals surface area (Å²) >= 11 is 12.5. The fourth-order valence-corrected chi connectivity index (χ4v) is 6.90. The van der Waals surface area contributed by atoms with Gasteiger partial charge in [0.25, 0.3) is 10.0 Å². The van der Waals surface area contributed by atoms with Crippen molar-refractivity contribution in [2.24, 2.45) is 0 Å². The molecule has 4 aromatic rings. The second-order valence-corrected chi connectivity index (χ2v) is 14.0. The second-order valence-electron chi connectivity index (χ2n) is 11.3. The first kappa shape index (κ1) is 35.0. The van der Waals surface area contributed by atoms with Crippen LogP contribution in [0.5, 0.6) is 0 Å². The third-order valence-corrected chi connectivity index (χ3v) is 10.4. The van der Waals surface area contributed by atoms with E-state index in [1.807, 2.05) is 64.1 Å². The zero-order valence-electron chi connectivity index (χ0n) is 26.5. The molecule has 0 bridgehead atoms. The van der Waals surface area contributed by atoms with Gasteiger partial charge >= 0.3 is 0 Å². The predicted molar refractivity (Wildman–Crippen MR) is 186 cm³/mol. The number of carbonyl (C=O) groups is 2. The minimum absolute atomic E-state index is 0.00200. The number of amides is 2. The summed E-state index contributed by atoms with van der Waals surface area (Å²) in [6, 6.07) is 25.4. The average molecular weight is 681 g/mol. The summed E-state index contributed by atoms with van der Waals surface area (Å²) in [7, 11) is -4.20. The van der Waals surface area contributed by atoms with Crippen molar-refractivity contribution >= 4 is 50.7 Å². The number of hydrogen-bond donors (Lipinski definition) is 1.